The summed E-state index contributed by atoms with van der Waals surface area (Å²) in [4.78, 5) is 11.0. The molecule has 0 radical (unpaired) electrons. The number of carbonyl (C=O) groups excluding carboxylic acids is 1. The van der Waals surface area contributed by atoms with Crippen LogP contribution in [0.1, 0.15) is 27.0 Å². The van der Waals surface area contributed by atoms with Crippen LogP contribution in [0.25, 0.3) is 0 Å². The van der Waals surface area contributed by atoms with Crippen molar-refractivity contribution >= 4 is 6.29 Å². The maximum absolute atomic E-state index is 13.6. The highest BCUT2D eigenvalue weighted by molar-refractivity contribution is 5.79. The van der Waals surface area contributed by atoms with Gasteiger partial charge in [-0.25, -0.2) is 4.39 Å². The van der Waals surface area contributed by atoms with E-state index in [1.165, 1.54) is 18.2 Å². The van der Waals surface area contributed by atoms with Crippen molar-refractivity contribution in [3.63, 3.8) is 0 Å². The number of hydrogen-bond acceptors (Lipinski definition) is 3. The van der Waals surface area contributed by atoms with Crippen molar-refractivity contribution in [2.45, 2.75) is 13.5 Å². The van der Waals surface area contributed by atoms with Gasteiger partial charge >= 0.3 is 0 Å². The second-order valence-corrected chi connectivity index (χ2v) is 4.37. The third-order valence-corrected chi connectivity index (χ3v) is 2.85. The minimum atomic E-state index is -0.441. The lowest BCUT2D eigenvalue weighted by molar-refractivity contribution is 0.111. The van der Waals surface area contributed by atoms with Gasteiger partial charge in [0, 0.05) is 5.56 Å². The van der Waals surface area contributed by atoms with Crippen LogP contribution in [0.3, 0.4) is 0 Å². The van der Waals surface area contributed by atoms with Crippen LogP contribution in [0.4, 0.5) is 4.39 Å². The molecule has 3 nitrogen and oxygen atoms in total. The summed E-state index contributed by atoms with van der Waals surface area (Å²) in [5, 5.41) is 8.79. The summed E-state index contributed by atoms with van der Waals surface area (Å²) in [6, 6.07) is 11.2. The van der Waals surface area contributed by atoms with E-state index in [9.17, 15) is 9.18 Å². The van der Waals surface area contributed by atoms with Crippen molar-refractivity contribution in [2.24, 2.45) is 0 Å². The Kier molecular flexibility index (Phi) is 4.11. The van der Waals surface area contributed by atoms with E-state index in [0.717, 1.165) is 5.56 Å². The van der Waals surface area contributed by atoms with E-state index >= 15 is 0 Å². The molecular formula is C16H12FNO2. The normalized spacial score (nSPS) is 9.85. The molecule has 2 aromatic carbocycles. The van der Waals surface area contributed by atoms with Gasteiger partial charge in [-0.05, 0) is 37.3 Å². The minimum Gasteiger partial charge on any atom is -0.488 e. The molecule has 2 aromatic rings. The summed E-state index contributed by atoms with van der Waals surface area (Å²) in [7, 11) is 0. The maximum atomic E-state index is 13.6. The van der Waals surface area contributed by atoms with Crippen LogP contribution in [0.15, 0.2) is 36.4 Å². The number of nitrogens with zero attached hydrogens (tertiary/aromatic N) is 1. The van der Waals surface area contributed by atoms with Crippen LogP contribution < -0.4 is 4.74 Å². The molecule has 0 saturated heterocycles. The number of rotatable bonds is 4. The molecule has 20 heavy (non-hydrogen) atoms. The molecule has 0 aliphatic carbocycles. The number of ether oxygens (including phenoxy) is 1. The molecule has 0 spiro atoms. The first-order chi connectivity index (χ1) is 9.63. The van der Waals surface area contributed by atoms with E-state index in [1.54, 1.807) is 12.1 Å². The summed E-state index contributed by atoms with van der Waals surface area (Å²) in [6.07, 6.45) is 0.699. The monoisotopic (exact) mass is 269 g/mol. The first kappa shape index (κ1) is 13.8. The average Bonchev–Trinajstić information content (AvgIpc) is 2.47. The lowest BCUT2D eigenvalue weighted by atomic mass is 10.1. The summed E-state index contributed by atoms with van der Waals surface area (Å²) in [5.41, 5.74) is 2.00. The molecule has 0 atom stereocenters. The molecule has 0 fully saturated rings. The Morgan fingerprint density at radius 3 is 2.80 bits per heavy atom. The van der Waals surface area contributed by atoms with E-state index in [0.29, 0.717) is 23.2 Å². The Morgan fingerprint density at radius 1 is 1.30 bits per heavy atom. The lowest BCUT2D eigenvalue weighted by Gasteiger charge is -2.10. The Balaban J connectivity index is 2.21. The topological polar surface area (TPSA) is 50.1 Å². The molecule has 4 heteroatoms. The Bertz CT molecular complexity index is 689. The van der Waals surface area contributed by atoms with Crippen molar-refractivity contribution in [2.75, 3.05) is 0 Å². The molecule has 0 aliphatic rings. The molecule has 0 bridgehead atoms. The summed E-state index contributed by atoms with van der Waals surface area (Å²) < 4.78 is 19.1. The quantitative estimate of drug-likeness (QED) is 0.799. The fraction of sp³-hybridized carbons (Fsp3) is 0.125. The number of nitriles is 1. The largest absolute Gasteiger partial charge is 0.488 e. The van der Waals surface area contributed by atoms with Crippen LogP contribution in [0.2, 0.25) is 0 Å². The van der Waals surface area contributed by atoms with Gasteiger partial charge in [0.15, 0.2) is 6.29 Å². The van der Waals surface area contributed by atoms with Gasteiger partial charge in [0.05, 0.1) is 17.2 Å². The molecule has 0 amide bonds. The molecule has 0 heterocycles. The summed E-state index contributed by atoms with van der Waals surface area (Å²) in [6.45, 7) is 1.83. The zero-order chi connectivity index (χ0) is 14.5. The van der Waals surface area contributed by atoms with Gasteiger partial charge in [-0.15, -0.1) is 0 Å². The Morgan fingerprint density at radius 2 is 2.10 bits per heavy atom. The van der Waals surface area contributed by atoms with Gasteiger partial charge in [0.1, 0.15) is 18.2 Å². The van der Waals surface area contributed by atoms with Crippen molar-refractivity contribution in [1.29, 1.82) is 5.26 Å². The number of halogens is 1. The standard InChI is InChI=1S/C16H12FNO2/c1-11-2-5-16(13(6-11)9-19)20-10-14-7-12(8-18)3-4-15(14)17/h2-7,9H,10H2,1H3. The van der Waals surface area contributed by atoms with E-state index in [1.807, 2.05) is 19.1 Å². The number of aldehydes is 1. The first-order valence-corrected chi connectivity index (χ1v) is 6.01. The number of benzene rings is 2. The second kappa shape index (κ2) is 5.98. The molecule has 0 saturated carbocycles. The highest BCUT2D eigenvalue weighted by Gasteiger charge is 2.07. The van der Waals surface area contributed by atoms with Crippen LogP contribution in [0, 0.1) is 24.1 Å². The molecule has 0 aliphatic heterocycles. The van der Waals surface area contributed by atoms with E-state index in [2.05, 4.69) is 0 Å². The predicted molar refractivity (Wildman–Crippen MR) is 72.0 cm³/mol. The lowest BCUT2D eigenvalue weighted by Crippen LogP contribution is -2.01. The molecular weight excluding hydrogens is 257 g/mol. The van der Waals surface area contributed by atoms with Gasteiger partial charge in [0.2, 0.25) is 0 Å². The van der Waals surface area contributed by atoms with E-state index < -0.39 is 5.82 Å². The summed E-state index contributed by atoms with van der Waals surface area (Å²) in [5.74, 6) is -0.0453. The second-order valence-electron chi connectivity index (χ2n) is 4.37. The van der Waals surface area contributed by atoms with Gasteiger partial charge in [-0.3, -0.25) is 4.79 Å². The highest BCUT2D eigenvalue weighted by Crippen LogP contribution is 2.20. The number of aryl methyl sites for hydroxylation is 1. The number of hydrogen-bond donors (Lipinski definition) is 0. The van der Waals surface area contributed by atoms with Crippen molar-refractivity contribution in [1.82, 2.24) is 0 Å². The Labute approximate surface area is 116 Å². The highest BCUT2D eigenvalue weighted by atomic mass is 19.1. The third kappa shape index (κ3) is 3.01. The maximum Gasteiger partial charge on any atom is 0.153 e. The van der Waals surface area contributed by atoms with E-state index in [-0.39, 0.29) is 12.2 Å². The van der Waals surface area contributed by atoms with Crippen molar-refractivity contribution in [3.8, 4) is 11.8 Å². The Hall–Kier alpha value is -2.67. The SMILES string of the molecule is Cc1ccc(OCc2cc(C#N)ccc2F)c(C=O)c1. The predicted octanol–water partition coefficient (Wildman–Crippen LogP) is 3.40. The number of carbonyl (C=O) groups is 1. The van der Waals surface area contributed by atoms with Gasteiger partial charge in [-0.1, -0.05) is 11.6 Å². The van der Waals surface area contributed by atoms with Gasteiger partial charge in [-0.2, -0.15) is 5.26 Å². The van der Waals surface area contributed by atoms with Crippen LogP contribution in [0.5, 0.6) is 5.75 Å². The van der Waals surface area contributed by atoms with Crippen LogP contribution in [-0.4, -0.2) is 6.29 Å². The van der Waals surface area contributed by atoms with Gasteiger partial charge in [0.25, 0.3) is 0 Å². The summed E-state index contributed by atoms with van der Waals surface area (Å²) >= 11 is 0. The smallest absolute Gasteiger partial charge is 0.153 e. The minimum absolute atomic E-state index is 0.0365. The van der Waals surface area contributed by atoms with E-state index in [4.69, 9.17) is 10.00 Å². The molecule has 0 N–H and O–H groups in total. The van der Waals surface area contributed by atoms with Crippen molar-refractivity contribution in [3.05, 3.63) is 64.5 Å². The fourth-order valence-corrected chi connectivity index (χ4v) is 1.80. The molecule has 0 aromatic heterocycles. The zero-order valence-electron chi connectivity index (χ0n) is 10.9. The fourth-order valence-electron chi connectivity index (χ4n) is 1.80. The third-order valence-electron chi connectivity index (χ3n) is 2.85. The average molecular weight is 269 g/mol. The van der Waals surface area contributed by atoms with Gasteiger partial charge < -0.3 is 4.74 Å². The molecule has 0 unspecified atom stereocenters. The van der Waals surface area contributed by atoms with Crippen LogP contribution in [-0.2, 0) is 6.61 Å². The zero-order valence-corrected chi connectivity index (χ0v) is 10.9. The molecule has 2 rings (SSSR count). The first-order valence-electron chi connectivity index (χ1n) is 6.01. The van der Waals surface area contributed by atoms with Crippen molar-refractivity contribution < 1.29 is 13.9 Å². The molecule has 100 valence electrons. The van der Waals surface area contributed by atoms with Crippen LogP contribution >= 0.6 is 0 Å².